The quantitative estimate of drug-likeness (QED) is 0.919. The number of fused-ring (bicyclic) bond motifs is 2. The maximum Gasteiger partial charge on any atom is 0.231 e. The zero-order valence-corrected chi connectivity index (χ0v) is 14.4. The number of carbonyl (C=O) groups excluding carboxylic acids is 1. The van der Waals surface area contributed by atoms with Crippen LogP contribution in [0.2, 0.25) is 0 Å². The Kier molecular flexibility index (Phi) is 3.53. The molecule has 1 amide bonds. The van der Waals surface area contributed by atoms with Gasteiger partial charge in [-0.2, -0.15) is 0 Å². The van der Waals surface area contributed by atoms with Gasteiger partial charge in [-0.05, 0) is 41.9 Å². The SMILES string of the molecule is CC1(C)C[C@]2(CO)CN(C(=O)CCc3ccc4c(c3)OCO4)C[C@H]12. The Morgan fingerprint density at radius 3 is 2.83 bits per heavy atom. The normalized spacial score (nSPS) is 29.3. The molecule has 2 heterocycles. The summed E-state index contributed by atoms with van der Waals surface area (Å²) in [5.41, 5.74) is 1.26. The molecule has 2 fully saturated rings. The third-order valence-corrected chi connectivity index (χ3v) is 6.13. The molecule has 4 rings (SSSR count). The van der Waals surface area contributed by atoms with E-state index in [2.05, 4.69) is 13.8 Å². The minimum Gasteiger partial charge on any atom is -0.454 e. The molecule has 0 bridgehead atoms. The summed E-state index contributed by atoms with van der Waals surface area (Å²) in [6.45, 7) is 6.43. The fourth-order valence-corrected chi connectivity index (χ4v) is 5.04. The number of carbonyl (C=O) groups is 1. The topological polar surface area (TPSA) is 59.0 Å². The highest BCUT2D eigenvalue weighted by Crippen LogP contribution is 2.62. The van der Waals surface area contributed by atoms with Crippen LogP contribution in [-0.2, 0) is 11.2 Å². The number of aliphatic hydroxyl groups is 1. The lowest BCUT2D eigenvalue weighted by Gasteiger charge is -2.55. The Balaban J connectivity index is 1.37. The Hall–Kier alpha value is -1.75. The molecule has 1 aromatic carbocycles. The minimum absolute atomic E-state index is 0.0576. The van der Waals surface area contributed by atoms with Crippen molar-refractivity contribution in [2.24, 2.45) is 16.7 Å². The molecular formula is C19H25NO4. The number of rotatable bonds is 4. The van der Waals surface area contributed by atoms with E-state index in [9.17, 15) is 9.90 Å². The standard InChI is InChI=1S/C19H25NO4/c1-18(2)9-19(11-21)10-20(8-16(18)19)17(22)6-4-13-3-5-14-15(7-13)24-12-23-14/h3,5,7,16,21H,4,6,8-12H2,1-2H3/t16-,19-/m1/s1. The van der Waals surface area contributed by atoms with Gasteiger partial charge in [-0.3, -0.25) is 4.79 Å². The maximum atomic E-state index is 12.6. The van der Waals surface area contributed by atoms with E-state index in [1.165, 1.54) is 0 Å². The van der Waals surface area contributed by atoms with Crippen molar-refractivity contribution in [2.45, 2.75) is 33.1 Å². The average molecular weight is 331 g/mol. The van der Waals surface area contributed by atoms with Gasteiger partial charge in [0.15, 0.2) is 11.5 Å². The van der Waals surface area contributed by atoms with E-state index in [-0.39, 0.29) is 30.1 Å². The first-order valence-corrected chi connectivity index (χ1v) is 8.71. The van der Waals surface area contributed by atoms with E-state index >= 15 is 0 Å². The lowest BCUT2D eigenvalue weighted by Crippen LogP contribution is -2.54. The lowest BCUT2D eigenvalue weighted by atomic mass is 9.48. The molecule has 1 aliphatic carbocycles. The van der Waals surface area contributed by atoms with E-state index in [0.29, 0.717) is 25.3 Å². The van der Waals surface area contributed by atoms with E-state index in [1.807, 2.05) is 23.1 Å². The highest BCUT2D eigenvalue weighted by atomic mass is 16.7. The van der Waals surface area contributed by atoms with Gasteiger partial charge in [0.25, 0.3) is 0 Å². The summed E-state index contributed by atoms with van der Waals surface area (Å²) < 4.78 is 10.7. The van der Waals surface area contributed by atoms with Crippen LogP contribution in [0, 0.1) is 16.7 Å². The van der Waals surface area contributed by atoms with Crippen molar-refractivity contribution in [3.8, 4) is 11.5 Å². The van der Waals surface area contributed by atoms with E-state index in [1.54, 1.807) is 0 Å². The van der Waals surface area contributed by atoms with Crippen LogP contribution in [-0.4, -0.2) is 42.4 Å². The highest BCUT2D eigenvalue weighted by molar-refractivity contribution is 5.77. The summed E-state index contributed by atoms with van der Waals surface area (Å²) in [5, 5.41) is 9.81. The van der Waals surface area contributed by atoms with Gasteiger partial charge >= 0.3 is 0 Å². The summed E-state index contributed by atoms with van der Waals surface area (Å²) >= 11 is 0. The molecule has 1 saturated carbocycles. The predicted octanol–water partition coefficient (Wildman–Crippen LogP) is 2.21. The van der Waals surface area contributed by atoms with Crippen molar-refractivity contribution < 1.29 is 19.4 Å². The molecular weight excluding hydrogens is 306 g/mol. The van der Waals surface area contributed by atoms with Crippen LogP contribution in [0.25, 0.3) is 0 Å². The zero-order valence-electron chi connectivity index (χ0n) is 14.4. The Bertz CT molecular complexity index is 671. The van der Waals surface area contributed by atoms with Gasteiger partial charge in [0.05, 0.1) is 6.61 Å². The average Bonchev–Trinajstić information content (AvgIpc) is 3.14. The third kappa shape index (κ3) is 2.37. The van der Waals surface area contributed by atoms with Gasteiger partial charge in [0.2, 0.25) is 12.7 Å². The summed E-state index contributed by atoms with van der Waals surface area (Å²) in [6, 6.07) is 5.86. The molecule has 2 aliphatic heterocycles. The molecule has 1 aromatic rings. The molecule has 1 N–H and O–H groups in total. The molecule has 0 spiro atoms. The summed E-state index contributed by atoms with van der Waals surface area (Å²) in [7, 11) is 0. The highest BCUT2D eigenvalue weighted by Gasteiger charge is 2.62. The lowest BCUT2D eigenvalue weighted by molar-refractivity contribution is -0.130. The van der Waals surface area contributed by atoms with E-state index in [4.69, 9.17) is 9.47 Å². The first kappa shape index (κ1) is 15.8. The van der Waals surface area contributed by atoms with Crippen molar-refractivity contribution in [1.29, 1.82) is 0 Å². The molecule has 0 aromatic heterocycles. The number of likely N-dealkylation sites (tertiary alicyclic amines) is 1. The monoisotopic (exact) mass is 331 g/mol. The van der Waals surface area contributed by atoms with Gasteiger partial charge in [0, 0.05) is 24.9 Å². The second-order valence-corrected chi connectivity index (χ2v) is 8.20. The fraction of sp³-hybridized carbons (Fsp3) is 0.632. The Labute approximate surface area is 142 Å². The van der Waals surface area contributed by atoms with Gasteiger partial charge in [-0.1, -0.05) is 19.9 Å². The van der Waals surface area contributed by atoms with Crippen LogP contribution >= 0.6 is 0 Å². The number of aliphatic hydroxyl groups excluding tert-OH is 1. The number of hydrogen-bond donors (Lipinski definition) is 1. The summed E-state index contributed by atoms with van der Waals surface area (Å²) in [4.78, 5) is 14.6. The first-order chi connectivity index (χ1) is 11.4. The molecule has 3 aliphatic rings. The van der Waals surface area contributed by atoms with Crippen LogP contribution in [0.4, 0.5) is 0 Å². The van der Waals surface area contributed by atoms with Crippen LogP contribution in [0.5, 0.6) is 11.5 Å². The zero-order chi connectivity index (χ0) is 16.9. The van der Waals surface area contributed by atoms with Crippen molar-refractivity contribution >= 4 is 5.91 Å². The molecule has 0 radical (unpaired) electrons. The number of hydrogen-bond acceptors (Lipinski definition) is 4. The molecule has 1 saturated heterocycles. The van der Waals surface area contributed by atoms with Crippen LogP contribution in [0.1, 0.15) is 32.3 Å². The summed E-state index contributed by atoms with van der Waals surface area (Å²) in [6.07, 6.45) is 2.20. The second kappa shape index (κ2) is 5.38. The number of ether oxygens (including phenoxy) is 2. The minimum atomic E-state index is -0.0576. The molecule has 5 nitrogen and oxygen atoms in total. The second-order valence-electron chi connectivity index (χ2n) is 8.20. The van der Waals surface area contributed by atoms with Crippen LogP contribution < -0.4 is 9.47 Å². The van der Waals surface area contributed by atoms with Crippen molar-refractivity contribution in [3.05, 3.63) is 23.8 Å². The Morgan fingerprint density at radius 1 is 1.33 bits per heavy atom. The van der Waals surface area contributed by atoms with Crippen LogP contribution in [0.15, 0.2) is 18.2 Å². The first-order valence-electron chi connectivity index (χ1n) is 8.71. The predicted molar refractivity (Wildman–Crippen MR) is 88.9 cm³/mol. The van der Waals surface area contributed by atoms with Gasteiger partial charge in [0.1, 0.15) is 0 Å². The molecule has 2 atom stereocenters. The largest absolute Gasteiger partial charge is 0.454 e. The van der Waals surface area contributed by atoms with Gasteiger partial charge in [-0.15, -0.1) is 0 Å². The number of amides is 1. The molecule has 130 valence electrons. The van der Waals surface area contributed by atoms with E-state index in [0.717, 1.165) is 30.0 Å². The number of nitrogens with zero attached hydrogens (tertiary/aromatic N) is 1. The van der Waals surface area contributed by atoms with Crippen LogP contribution in [0.3, 0.4) is 0 Å². The van der Waals surface area contributed by atoms with Crippen molar-refractivity contribution in [3.63, 3.8) is 0 Å². The molecule has 24 heavy (non-hydrogen) atoms. The van der Waals surface area contributed by atoms with Crippen molar-refractivity contribution in [1.82, 2.24) is 4.90 Å². The smallest absolute Gasteiger partial charge is 0.231 e. The summed E-state index contributed by atoms with van der Waals surface area (Å²) in [5.74, 6) is 2.14. The van der Waals surface area contributed by atoms with E-state index < -0.39 is 0 Å². The number of aryl methyl sites for hydroxylation is 1. The van der Waals surface area contributed by atoms with Crippen molar-refractivity contribution in [2.75, 3.05) is 26.5 Å². The maximum absolute atomic E-state index is 12.6. The molecule has 0 unspecified atom stereocenters. The molecule has 5 heteroatoms. The third-order valence-electron chi connectivity index (χ3n) is 6.13. The number of benzene rings is 1. The Morgan fingerprint density at radius 2 is 2.12 bits per heavy atom. The van der Waals surface area contributed by atoms with Gasteiger partial charge < -0.3 is 19.5 Å². The fourth-order valence-electron chi connectivity index (χ4n) is 5.04. The van der Waals surface area contributed by atoms with Gasteiger partial charge in [-0.25, -0.2) is 0 Å².